The number of amides is 1. The number of carbonyl (C=O) groups is 1. The minimum Gasteiger partial charge on any atom is -0.399 e. The van der Waals surface area contributed by atoms with Crippen molar-refractivity contribution in [3.05, 3.63) is 57.6 Å². The summed E-state index contributed by atoms with van der Waals surface area (Å²) in [5, 5.41) is 2.88. The van der Waals surface area contributed by atoms with Gasteiger partial charge in [-0.15, -0.1) is 0 Å². The molecule has 0 spiro atoms. The molecule has 2 aromatic rings. The van der Waals surface area contributed by atoms with Gasteiger partial charge in [0, 0.05) is 10.2 Å². The molecule has 0 aliphatic heterocycles. The van der Waals surface area contributed by atoms with Gasteiger partial charge in [-0.25, -0.2) is 0 Å². The lowest BCUT2D eigenvalue weighted by Crippen LogP contribution is -2.15. The fourth-order valence-corrected chi connectivity index (χ4v) is 2.34. The molecule has 0 saturated carbocycles. The van der Waals surface area contributed by atoms with Crippen LogP contribution in [0, 0.1) is 13.8 Å². The highest BCUT2D eigenvalue weighted by Crippen LogP contribution is 2.25. The van der Waals surface area contributed by atoms with Crippen LogP contribution in [0.4, 0.5) is 11.4 Å². The lowest BCUT2D eigenvalue weighted by Gasteiger charge is -2.10. The van der Waals surface area contributed by atoms with E-state index in [2.05, 4.69) is 21.2 Å². The van der Waals surface area contributed by atoms with Crippen molar-refractivity contribution >= 4 is 33.2 Å². The smallest absolute Gasteiger partial charge is 0.228 e. The first-order chi connectivity index (χ1) is 9.45. The average molecular weight is 333 g/mol. The third-order valence-electron chi connectivity index (χ3n) is 3.12. The molecule has 3 N–H and O–H groups in total. The highest BCUT2D eigenvalue weighted by atomic mass is 79.9. The largest absolute Gasteiger partial charge is 0.399 e. The zero-order chi connectivity index (χ0) is 14.7. The fourth-order valence-electron chi connectivity index (χ4n) is 2.00. The highest BCUT2D eigenvalue weighted by molar-refractivity contribution is 9.10. The number of rotatable bonds is 3. The normalized spacial score (nSPS) is 10.3. The van der Waals surface area contributed by atoms with Crippen molar-refractivity contribution in [2.75, 3.05) is 11.1 Å². The summed E-state index contributed by atoms with van der Waals surface area (Å²) in [7, 11) is 0. The molecular weight excluding hydrogens is 316 g/mol. The second-order valence-electron chi connectivity index (χ2n) is 4.89. The minimum atomic E-state index is -0.0509. The maximum atomic E-state index is 12.1. The van der Waals surface area contributed by atoms with Crippen LogP contribution in [0.15, 0.2) is 40.9 Å². The number of nitrogen functional groups attached to an aromatic ring is 1. The van der Waals surface area contributed by atoms with Crippen LogP contribution in [-0.4, -0.2) is 5.91 Å². The summed E-state index contributed by atoms with van der Waals surface area (Å²) in [6.45, 7) is 4.04. The van der Waals surface area contributed by atoms with Crippen LogP contribution >= 0.6 is 15.9 Å². The topological polar surface area (TPSA) is 55.1 Å². The van der Waals surface area contributed by atoms with Crippen molar-refractivity contribution in [2.24, 2.45) is 0 Å². The molecule has 0 unspecified atom stereocenters. The molecule has 0 aliphatic rings. The molecule has 0 aliphatic carbocycles. The van der Waals surface area contributed by atoms with E-state index in [1.54, 1.807) is 12.1 Å². The molecule has 3 nitrogen and oxygen atoms in total. The number of nitrogens with two attached hydrogens (primary N) is 1. The van der Waals surface area contributed by atoms with Crippen molar-refractivity contribution in [3.63, 3.8) is 0 Å². The van der Waals surface area contributed by atoms with Gasteiger partial charge in [0.1, 0.15) is 0 Å². The molecule has 104 valence electrons. The van der Waals surface area contributed by atoms with Crippen LogP contribution in [0.3, 0.4) is 0 Å². The first-order valence-corrected chi connectivity index (χ1v) is 7.16. The van der Waals surface area contributed by atoms with Crippen molar-refractivity contribution in [2.45, 2.75) is 20.3 Å². The van der Waals surface area contributed by atoms with Crippen LogP contribution in [-0.2, 0) is 11.2 Å². The predicted molar refractivity (Wildman–Crippen MR) is 86.8 cm³/mol. The predicted octanol–water partition coefficient (Wildman–Crippen LogP) is 3.83. The number of hydrogen-bond donors (Lipinski definition) is 2. The molecule has 0 atom stereocenters. The van der Waals surface area contributed by atoms with E-state index in [0.717, 1.165) is 21.2 Å². The van der Waals surface area contributed by atoms with E-state index in [9.17, 15) is 4.79 Å². The summed E-state index contributed by atoms with van der Waals surface area (Å²) in [6.07, 6.45) is 0.356. The second-order valence-corrected chi connectivity index (χ2v) is 5.75. The molecule has 0 heterocycles. The van der Waals surface area contributed by atoms with E-state index in [4.69, 9.17) is 5.73 Å². The monoisotopic (exact) mass is 332 g/mol. The lowest BCUT2D eigenvalue weighted by atomic mass is 10.0. The van der Waals surface area contributed by atoms with Gasteiger partial charge in [-0.05, 0) is 59.1 Å². The highest BCUT2D eigenvalue weighted by Gasteiger charge is 2.09. The summed E-state index contributed by atoms with van der Waals surface area (Å²) in [4.78, 5) is 12.1. The average Bonchev–Trinajstić information content (AvgIpc) is 2.38. The Bertz CT molecular complexity index is 597. The number of anilines is 2. The third kappa shape index (κ3) is 3.61. The Balaban J connectivity index is 2.13. The molecule has 0 aromatic heterocycles. The first-order valence-electron chi connectivity index (χ1n) is 6.36. The number of carbonyl (C=O) groups excluding carboxylic acids is 1. The molecule has 4 heteroatoms. The molecule has 0 saturated heterocycles. The zero-order valence-electron chi connectivity index (χ0n) is 11.5. The minimum absolute atomic E-state index is 0.0509. The Morgan fingerprint density at radius 1 is 1.20 bits per heavy atom. The standard InChI is InChI=1S/C16H17BrN2O/c1-10-3-4-11(2)12(7-10)8-16(20)19-15-9-13(18)5-6-14(15)17/h3-7,9H,8,18H2,1-2H3,(H,19,20). The van der Waals surface area contributed by atoms with E-state index in [1.165, 1.54) is 0 Å². The van der Waals surface area contributed by atoms with Crippen molar-refractivity contribution in [1.82, 2.24) is 0 Å². The number of benzene rings is 2. The van der Waals surface area contributed by atoms with Gasteiger partial charge in [0.2, 0.25) is 5.91 Å². The van der Waals surface area contributed by atoms with E-state index in [0.29, 0.717) is 17.8 Å². The zero-order valence-corrected chi connectivity index (χ0v) is 13.1. The van der Waals surface area contributed by atoms with E-state index >= 15 is 0 Å². The van der Waals surface area contributed by atoms with Gasteiger partial charge in [0.25, 0.3) is 0 Å². The Morgan fingerprint density at radius 2 is 1.95 bits per heavy atom. The maximum absolute atomic E-state index is 12.1. The van der Waals surface area contributed by atoms with E-state index < -0.39 is 0 Å². The van der Waals surface area contributed by atoms with Gasteiger partial charge in [0.15, 0.2) is 0 Å². The van der Waals surface area contributed by atoms with Gasteiger partial charge >= 0.3 is 0 Å². The van der Waals surface area contributed by atoms with Gasteiger partial charge < -0.3 is 11.1 Å². The van der Waals surface area contributed by atoms with Crippen molar-refractivity contribution in [3.8, 4) is 0 Å². The number of hydrogen-bond acceptors (Lipinski definition) is 2. The Kier molecular flexibility index (Phi) is 4.45. The van der Waals surface area contributed by atoms with Crippen LogP contribution in [0.25, 0.3) is 0 Å². The van der Waals surface area contributed by atoms with Gasteiger partial charge in [-0.2, -0.15) is 0 Å². The number of nitrogens with one attached hydrogen (secondary N) is 1. The summed E-state index contributed by atoms with van der Waals surface area (Å²) < 4.78 is 0.820. The molecule has 2 rings (SSSR count). The van der Waals surface area contributed by atoms with Gasteiger partial charge in [-0.3, -0.25) is 4.79 Å². The fraction of sp³-hybridized carbons (Fsp3) is 0.188. The van der Waals surface area contributed by atoms with Crippen LogP contribution < -0.4 is 11.1 Å². The van der Waals surface area contributed by atoms with E-state index in [-0.39, 0.29) is 5.91 Å². The summed E-state index contributed by atoms with van der Waals surface area (Å²) in [5.74, 6) is -0.0509. The molecule has 0 fully saturated rings. The number of halogens is 1. The van der Waals surface area contributed by atoms with Crippen LogP contribution in [0.2, 0.25) is 0 Å². The first kappa shape index (κ1) is 14.6. The van der Waals surface area contributed by atoms with Crippen molar-refractivity contribution in [1.29, 1.82) is 0 Å². The SMILES string of the molecule is Cc1ccc(C)c(CC(=O)Nc2cc(N)ccc2Br)c1. The Labute approximate surface area is 127 Å². The molecule has 0 radical (unpaired) electrons. The molecule has 2 aromatic carbocycles. The van der Waals surface area contributed by atoms with Gasteiger partial charge in [0.05, 0.1) is 12.1 Å². The van der Waals surface area contributed by atoms with Crippen LogP contribution in [0.5, 0.6) is 0 Å². The summed E-state index contributed by atoms with van der Waals surface area (Å²) in [6, 6.07) is 11.5. The number of aryl methyl sites for hydroxylation is 2. The second kappa shape index (κ2) is 6.09. The van der Waals surface area contributed by atoms with E-state index in [1.807, 2.05) is 38.1 Å². The summed E-state index contributed by atoms with van der Waals surface area (Å²) in [5.41, 5.74) is 10.4. The lowest BCUT2D eigenvalue weighted by molar-refractivity contribution is -0.115. The molecule has 1 amide bonds. The Hall–Kier alpha value is -1.81. The third-order valence-corrected chi connectivity index (χ3v) is 3.81. The van der Waals surface area contributed by atoms with Gasteiger partial charge in [-0.1, -0.05) is 23.8 Å². The molecular formula is C16H17BrN2O. The van der Waals surface area contributed by atoms with Crippen molar-refractivity contribution < 1.29 is 4.79 Å². The maximum Gasteiger partial charge on any atom is 0.228 e. The Morgan fingerprint density at radius 3 is 2.70 bits per heavy atom. The quantitative estimate of drug-likeness (QED) is 0.839. The molecule has 20 heavy (non-hydrogen) atoms. The molecule has 0 bridgehead atoms. The van der Waals surface area contributed by atoms with Crippen LogP contribution in [0.1, 0.15) is 16.7 Å². The summed E-state index contributed by atoms with van der Waals surface area (Å²) >= 11 is 3.40.